The summed E-state index contributed by atoms with van der Waals surface area (Å²) in [4.78, 5) is 2.39. The normalized spacial score (nSPS) is 22.5. The summed E-state index contributed by atoms with van der Waals surface area (Å²) < 4.78 is 5.82. The van der Waals surface area contributed by atoms with E-state index in [1.807, 2.05) is 12.1 Å². The Morgan fingerprint density at radius 2 is 1.68 bits per heavy atom. The molecule has 0 aromatic heterocycles. The summed E-state index contributed by atoms with van der Waals surface area (Å²) in [6.07, 6.45) is 0.541. The summed E-state index contributed by atoms with van der Waals surface area (Å²) in [7, 11) is 1.98. The number of hydrogen-bond donors (Lipinski definition) is 3. The molecule has 3 N–H and O–H groups in total. The molecule has 0 saturated carbocycles. The average molecular weight is 339 g/mol. The summed E-state index contributed by atoms with van der Waals surface area (Å²) >= 11 is 0. The monoisotopic (exact) mass is 339 g/mol. The van der Waals surface area contributed by atoms with Gasteiger partial charge in [0.15, 0.2) is 0 Å². The quantitative estimate of drug-likeness (QED) is 0.798. The van der Waals surface area contributed by atoms with Gasteiger partial charge in [0.05, 0.1) is 23.6 Å². The maximum atomic E-state index is 5.82. The lowest BCUT2D eigenvalue weighted by atomic mass is 10.2. The van der Waals surface area contributed by atoms with Crippen LogP contribution in [0.3, 0.4) is 0 Å². The summed E-state index contributed by atoms with van der Waals surface area (Å²) in [6.45, 7) is 6.14. The molecule has 4 rings (SSSR count). The molecule has 0 spiro atoms. The van der Waals surface area contributed by atoms with Crippen molar-refractivity contribution in [1.82, 2.24) is 5.53 Å². The summed E-state index contributed by atoms with van der Waals surface area (Å²) in [5.74, 6) is 0. The van der Waals surface area contributed by atoms with E-state index < -0.39 is 0 Å². The van der Waals surface area contributed by atoms with Crippen molar-refractivity contribution in [2.75, 3.05) is 40.8 Å². The largest absolute Gasteiger partial charge is 0.372 e. The average Bonchev–Trinajstić information content (AvgIpc) is 2.95. The lowest BCUT2D eigenvalue weighted by Crippen LogP contribution is -2.45. The maximum absolute atomic E-state index is 5.82. The van der Waals surface area contributed by atoms with Gasteiger partial charge >= 0.3 is 0 Å². The van der Waals surface area contributed by atoms with Crippen molar-refractivity contribution in [3.05, 3.63) is 42.5 Å². The molecule has 2 heterocycles. The first-order chi connectivity index (χ1) is 12.1. The van der Waals surface area contributed by atoms with E-state index in [9.17, 15) is 0 Å². The van der Waals surface area contributed by atoms with Gasteiger partial charge in [0.2, 0.25) is 0 Å². The van der Waals surface area contributed by atoms with Crippen LogP contribution in [0.5, 0.6) is 0 Å². The van der Waals surface area contributed by atoms with E-state index in [2.05, 4.69) is 77.5 Å². The topological polar surface area (TPSA) is 51.8 Å². The molecule has 0 bridgehead atoms. The number of nitrogens with one attached hydrogen (secondary N) is 3. The standard InChI is InChI=1S/C19H25N5O/c1-13-11-24(12-14(2)25-13)17-7-4-15(5-8-17)20-16-6-9-19-18(10-16)21-22-23(19)3/h4-10,13-14,20-22H,11-12H2,1-3H3. The second-order valence-electron chi connectivity index (χ2n) is 6.86. The molecular weight excluding hydrogens is 314 g/mol. The van der Waals surface area contributed by atoms with E-state index in [1.54, 1.807) is 0 Å². The molecule has 2 aliphatic rings. The molecule has 2 unspecified atom stereocenters. The molecule has 25 heavy (non-hydrogen) atoms. The maximum Gasteiger partial charge on any atom is 0.0781 e. The molecule has 2 atom stereocenters. The van der Waals surface area contributed by atoms with Crippen LogP contribution in [0.4, 0.5) is 28.4 Å². The fourth-order valence-electron chi connectivity index (χ4n) is 3.52. The van der Waals surface area contributed by atoms with Crippen molar-refractivity contribution in [3.63, 3.8) is 0 Å². The fraction of sp³-hybridized carbons (Fsp3) is 0.368. The molecule has 6 nitrogen and oxygen atoms in total. The van der Waals surface area contributed by atoms with Crippen molar-refractivity contribution in [2.24, 2.45) is 0 Å². The van der Waals surface area contributed by atoms with E-state index in [-0.39, 0.29) is 12.2 Å². The number of nitrogens with zero attached hydrogens (tertiary/aromatic N) is 2. The van der Waals surface area contributed by atoms with Crippen LogP contribution in [0.1, 0.15) is 13.8 Å². The SMILES string of the molecule is CC1CN(c2ccc(Nc3ccc4c(c3)NNN4C)cc2)CC(C)O1. The van der Waals surface area contributed by atoms with Gasteiger partial charge in [0.1, 0.15) is 0 Å². The van der Waals surface area contributed by atoms with E-state index in [4.69, 9.17) is 4.74 Å². The predicted molar refractivity (Wildman–Crippen MR) is 104 cm³/mol. The molecule has 2 aliphatic heterocycles. The minimum Gasteiger partial charge on any atom is -0.372 e. The highest BCUT2D eigenvalue weighted by molar-refractivity contribution is 5.78. The van der Waals surface area contributed by atoms with E-state index in [0.29, 0.717) is 0 Å². The first kappa shape index (κ1) is 16.1. The van der Waals surface area contributed by atoms with Crippen LogP contribution in [-0.4, -0.2) is 32.3 Å². The number of anilines is 5. The number of ether oxygens (including phenoxy) is 1. The number of fused-ring (bicyclic) bond motifs is 1. The molecule has 2 aromatic carbocycles. The van der Waals surface area contributed by atoms with Crippen LogP contribution < -0.4 is 26.2 Å². The third-order valence-electron chi connectivity index (χ3n) is 4.66. The number of benzene rings is 2. The van der Waals surface area contributed by atoms with Crippen LogP contribution in [0.25, 0.3) is 0 Å². The summed E-state index contributed by atoms with van der Waals surface area (Å²) in [5, 5.41) is 5.42. The van der Waals surface area contributed by atoms with Gasteiger partial charge in [-0.05, 0) is 56.3 Å². The predicted octanol–water partition coefficient (Wildman–Crippen LogP) is 3.33. The molecule has 132 valence electrons. The summed E-state index contributed by atoms with van der Waals surface area (Å²) in [6, 6.07) is 14.9. The van der Waals surface area contributed by atoms with Crippen molar-refractivity contribution < 1.29 is 4.74 Å². The van der Waals surface area contributed by atoms with Crippen molar-refractivity contribution in [2.45, 2.75) is 26.1 Å². The highest BCUT2D eigenvalue weighted by atomic mass is 16.5. The van der Waals surface area contributed by atoms with Crippen LogP contribution in [0.15, 0.2) is 42.5 Å². The van der Waals surface area contributed by atoms with E-state index >= 15 is 0 Å². The molecule has 0 amide bonds. The second kappa shape index (κ2) is 6.46. The minimum atomic E-state index is 0.271. The highest BCUT2D eigenvalue weighted by Crippen LogP contribution is 2.32. The van der Waals surface area contributed by atoms with Crippen LogP contribution in [0, 0.1) is 0 Å². The van der Waals surface area contributed by atoms with Gasteiger partial charge < -0.3 is 20.4 Å². The smallest absolute Gasteiger partial charge is 0.0781 e. The summed E-state index contributed by atoms with van der Waals surface area (Å²) in [5.41, 5.74) is 11.8. The number of hydrogen-bond acceptors (Lipinski definition) is 6. The Labute approximate surface area is 148 Å². The van der Waals surface area contributed by atoms with Crippen molar-refractivity contribution in [3.8, 4) is 0 Å². The Balaban J connectivity index is 1.46. The Morgan fingerprint density at radius 1 is 1.00 bits per heavy atom. The van der Waals surface area contributed by atoms with Crippen LogP contribution in [-0.2, 0) is 4.74 Å². The lowest BCUT2D eigenvalue weighted by Gasteiger charge is -2.36. The van der Waals surface area contributed by atoms with E-state index in [1.165, 1.54) is 5.69 Å². The van der Waals surface area contributed by atoms with Gasteiger partial charge in [-0.2, -0.15) is 0 Å². The lowest BCUT2D eigenvalue weighted by molar-refractivity contribution is -0.00521. The van der Waals surface area contributed by atoms with Crippen molar-refractivity contribution in [1.29, 1.82) is 0 Å². The van der Waals surface area contributed by atoms with Gasteiger partial charge in [-0.3, -0.25) is 5.01 Å². The van der Waals surface area contributed by atoms with Crippen LogP contribution in [0.2, 0.25) is 0 Å². The highest BCUT2D eigenvalue weighted by Gasteiger charge is 2.22. The molecule has 2 aromatic rings. The third-order valence-corrected chi connectivity index (χ3v) is 4.66. The number of hydrazine groups is 2. The molecular formula is C19H25N5O. The van der Waals surface area contributed by atoms with Gasteiger partial charge in [-0.1, -0.05) is 0 Å². The molecule has 0 radical (unpaired) electrons. The molecule has 1 fully saturated rings. The molecule has 0 aliphatic carbocycles. The Morgan fingerprint density at radius 3 is 2.40 bits per heavy atom. The van der Waals surface area contributed by atoms with Crippen molar-refractivity contribution >= 4 is 28.4 Å². The third kappa shape index (κ3) is 3.36. The van der Waals surface area contributed by atoms with Gasteiger partial charge in [0.25, 0.3) is 0 Å². The number of rotatable bonds is 3. The first-order valence-electron chi connectivity index (χ1n) is 8.75. The zero-order chi connectivity index (χ0) is 17.4. The van der Waals surface area contributed by atoms with Gasteiger partial charge in [-0.15, -0.1) is 5.53 Å². The second-order valence-corrected chi connectivity index (χ2v) is 6.86. The Kier molecular flexibility index (Phi) is 4.15. The Hall–Kier alpha value is -2.44. The fourth-order valence-corrected chi connectivity index (χ4v) is 3.52. The van der Waals surface area contributed by atoms with Crippen LogP contribution >= 0.6 is 0 Å². The number of morpholine rings is 1. The Bertz CT molecular complexity index is 738. The first-order valence-corrected chi connectivity index (χ1v) is 8.75. The minimum absolute atomic E-state index is 0.271. The van der Waals surface area contributed by atoms with Gasteiger partial charge in [-0.25, -0.2) is 0 Å². The molecule has 1 saturated heterocycles. The zero-order valence-electron chi connectivity index (χ0n) is 14.9. The van der Waals surface area contributed by atoms with Gasteiger partial charge in [0, 0.05) is 37.2 Å². The molecule has 6 heteroatoms. The zero-order valence-corrected chi connectivity index (χ0v) is 14.9. The van der Waals surface area contributed by atoms with E-state index in [0.717, 1.165) is 35.8 Å².